The zero-order valence-corrected chi connectivity index (χ0v) is 11.6. The molecule has 20 heavy (non-hydrogen) atoms. The Kier molecular flexibility index (Phi) is 4.54. The lowest BCUT2D eigenvalue weighted by Gasteiger charge is -2.05. The summed E-state index contributed by atoms with van der Waals surface area (Å²) < 4.78 is 6.61. The molecule has 0 spiro atoms. The molecule has 2 heterocycles. The van der Waals surface area contributed by atoms with Crippen molar-refractivity contribution in [2.45, 2.75) is 6.54 Å². The third kappa shape index (κ3) is 3.46. The smallest absolute Gasteiger partial charge is 0.258 e. The Morgan fingerprint density at radius 1 is 1.55 bits per heavy atom. The van der Waals surface area contributed by atoms with Crippen molar-refractivity contribution in [2.75, 3.05) is 24.8 Å². The number of ether oxygens (including phenoxy) is 1. The van der Waals surface area contributed by atoms with Crippen molar-refractivity contribution in [1.29, 1.82) is 0 Å². The number of nitrogens with two attached hydrogens (primary N) is 1. The fourth-order valence-corrected chi connectivity index (χ4v) is 1.75. The summed E-state index contributed by atoms with van der Waals surface area (Å²) in [6, 6.07) is 1.47. The van der Waals surface area contributed by atoms with Gasteiger partial charge in [-0.15, -0.1) is 0 Å². The van der Waals surface area contributed by atoms with Gasteiger partial charge in [-0.3, -0.25) is 9.48 Å². The van der Waals surface area contributed by atoms with E-state index in [4.69, 9.17) is 22.1 Å². The number of hydrogen-bond acceptors (Lipinski definition) is 5. The molecule has 0 aliphatic heterocycles. The lowest BCUT2D eigenvalue weighted by atomic mass is 10.2. The molecule has 0 aliphatic carbocycles. The van der Waals surface area contributed by atoms with E-state index >= 15 is 0 Å². The van der Waals surface area contributed by atoms with Crippen LogP contribution in [0.2, 0.25) is 5.15 Å². The Labute approximate surface area is 120 Å². The van der Waals surface area contributed by atoms with Crippen molar-refractivity contribution >= 4 is 28.9 Å². The summed E-state index contributed by atoms with van der Waals surface area (Å²) in [5, 5.41) is 6.87. The van der Waals surface area contributed by atoms with Crippen LogP contribution in [0.1, 0.15) is 10.4 Å². The summed E-state index contributed by atoms with van der Waals surface area (Å²) in [6.07, 6.45) is 4.63. The molecule has 3 N–H and O–H groups in total. The van der Waals surface area contributed by atoms with Crippen molar-refractivity contribution in [3.8, 4) is 0 Å². The van der Waals surface area contributed by atoms with Gasteiger partial charge in [0.1, 0.15) is 5.15 Å². The van der Waals surface area contributed by atoms with Crippen LogP contribution in [0.15, 0.2) is 24.7 Å². The molecular formula is C12H14ClN5O2. The van der Waals surface area contributed by atoms with Crippen LogP contribution >= 0.6 is 11.6 Å². The van der Waals surface area contributed by atoms with E-state index in [1.165, 1.54) is 12.3 Å². The standard InChI is InChI=1S/C12H14ClN5O2/c1-20-3-2-18-7-9(6-16-18)17-12(19)10-4-8(14)5-15-11(10)13/h4-7H,2-3,14H2,1H3,(H,17,19). The van der Waals surface area contributed by atoms with Crippen LogP contribution in [0.25, 0.3) is 0 Å². The maximum absolute atomic E-state index is 12.1. The van der Waals surface area contributed by atoms with Gasteiger partial charge < -0.3 is 15.8 Å². The van der Waals surface area contributed by atoms with Crippen LogP contribution in [0.4, 0.5) is 11.4 Å². The lowest BCUT2D eigenvalue weighted by Crippen LogP contribution is -2.13. The maximum atomic E-state index is 12.1. The molecule has 1 amide bonds. The van der Waals surface area contributed by atoms with Crippen molar-refractivity contribution in [2.24, 2.45) is 0 Å². The average molecular weight is 296 g/mol. The van der Waals surface area contributed by atoms with Gasteiger partial charge in [-0.2, -0.15) is 5.10 Å². The molecule has 0 unspecified atom stereocenters. The van der Waals surface area contributed by atoms with Crippen LogP contribution in [-0.2, 0) is 11.3 Å². The Hall–Kier alpha value is -2.12. The number of carbonyl (C=O) groups is 1. The highest BCUT2D eigenvalue weighted by Gasteiger charge is 2.13. The monoisotopic (exact) mass is 295 g/mol. The summed E-state index contributed by atoms with van der Waals surface area (Å²) in [7, 11) is 1.61. The number of nitrogens with zero attached hydrogens (tertiary/aromatic N) is 3. The Morgan fingerprint density at radius 2 is 2.35 bits per heavy atom. The molecule has 0 radical (unpaired) electrons. The molecule has 0 bridgehead atoms. The molecule has 7 nitrogen and oxygen atoms in total. The zero-order chi connectivity index (χ0) is 14.5. The second-order valence-electron chi connectivity index (χ2n) is 4.05. The molecule has 106 valence electrons. The molecule has 0 fully saturated rings. The number of amides is 1. The van der Waals surface area contributed by atoms with Gasteiger partial charge in [-0.1, -0.05) is 11.6 Å². The van der Waals surface area contributed by atoms with E-state index < -0.39 is 0 Å². The number of carbonyl (C=O) groups excluding carboxylic acids is 1. The van der Waals surface area contributed by atoms with E-state index in [1.807, 2.05) is 0 Å². The highest BCUT2D eigenvalue weighted by atomic mass is 35.5. The second kappa shape index (κ2) is 6.36. The molecule has 0 saturated carbocycles. The molecule has 0 atom stereocenters. The van der Waals surface area contributed by atoms with E-state index in [1.54, 1.807) is 24.2 Å². The summed E-state index contributed by atoms with van der Waals surface area (Å²) in [4.78, 5) is 15.9. The highest BCUT2D eigenvalue weighted by molar-refractivity contribution is 6.33. The first kappa shape index (κ1) is 14.3. The second-order valence-corrected chi connectivity index (χ2v) is 4.40. The maximum Gasteiger partial charge on any atom is 0.258 e. The van der Waals surface area contributed by atoms with Crippen LogP contribution in [-0.4, -0.2) is 34.4 Å². The molecule has 0 saturated heterocycles. The minimum Gasteiger partial charge on any atom is -0.397 e. The van der Waals surface area contributed by atoms with Gasteiger partial charge in [0.15, 0.2) is 0 Å². The summed E-state index contributed by atoms with van der Waals surface area (Å²) in [6.45, 7) is 1.15. The normalized spacial score (nSPS) is 10.5. The van der Waals surface area contributed by atoms with Gasteiger partial charge in [0.25, 0.3) is 5.91 Å². The number of nitrogens with one attached hydrogen (secondary N) is 1. The predicted octanol–water partition coefficient (Wildman–Crippen LogP) is 1.41. The molecule has 2 rings (SSSR count). The van der Waals surface area contributed by atoms with Crippen molar-refractivity contribution in [3.63, 3.8) is 0 Å². The molecule has 2 aromatic rings. The number of anilines is 2. The quantitative estimate of drug-likeness (QED) is 0.813. The lowest BCUT2D eigenvalue weighted by molar-refractivity contribution is 0.102. The fourth-order valence-electron chi connectivity index (χ4n) is 1.56. The van der Waals surface area contributed by atoms with Gasteiger partial charge in [0, 0.05) is 13.3 Å². The fraction of sp³-hybridized carbons (Fsp3) is 0.250. The number of pyridine rings is 1. The Bertz CT molecular complexity index is 614. The topological polar surface area (TPSA) is 95.1 Å². The number of aromatic nitrogens is 3. The Morgan fingerprint density at radius 3 is 3.10 bits per heavy atom. The van der Waals surface area contributed by atoms with E-state index in [9.17, 15) is 4.79 Å². The van der Waals surface area contributed by atoms with Crippen LogP contribution in [0, 0.1) is 0 Å². The summed E-state index contributed by atoms with van der Waals surface area (Å²) >= 11 is 5.87. The summed E-state index contributed by atoms with van der Waals surface area (Å²) in [5.41, 5.74) is 6.74. The molecule has 2 aromatic heterocycles. The van der Waals surface area contributed by atoms with Gasteiger partial charge in [0.2, 0.25) is 0 Å². The number of rotatable bonds is 5. The number of hydrogen-bond donors (Lipinski definition) is 2. The first-order valence-corrected chi connectivity index (χ1v) is 6.21. The first-order chi connectivity index (χ1) is 9.60. The molecule has 0 aromatic carbocycles. The first-order valence-electron chi connectivity index (χ1n) is 5.84. The highest BCUT2D eigenvalue weighted by Crippen LogP contribution is 2.17. The van der Waals surface area contributed by atoms with Gasteiger partial charge in [0.05, 0.1) is 42.5 Å². The molecular weight excluding hydrogens is 282 g/mol. The predicted molar refractivity (Wildman–Crippen MR) is 75.7 cm³/mol. The SMILES string of the molecule is COCCn1cc(NC(=O)c2cc(N)cnc2Cl)cn1. The van der Waals surface area contributed by atoms with Crippen molar-refractivity contribution in [1.82, 2.24) is 14.8 Å². The van der Waals surface area contributed by atoms with E-state index in [0.717, 1.165) is 0 Å². The third-order valence-electron chi connectivity index (χ3n) is 2.52. The van der Waals surface area contributed by atoms with Crippen LogP contribution in [0.3, 0.4) is 0 Å². The Balaban J connectivity index is 2.07. The van der Waals surface area contributed by atoms with E-state index in [2.05, 4.69) is 15.4 Å². The third-order valence-corrected chi connectivity index (χ3v) is 2.82. The zero-order valence-electron chi connectivity index (χ0n) is 10.8. The number of halogens is 1. The van der Waals surface area contributed by atoms with Crippen LogP contribution < -0.4 is 11.1 Å². The number of methoxy groups -OCH3 is 1. The van der Waals surface area contributed by atoms with Crippen molar-refractivity contribution in [3.05, 3.63) is 35.4 Å². The summed E-state index contributed by atoms with van der Waals surface area (Å²) in [5.74, 6) is -0.388. The van der Waals surface area contributed by atoms with Gasteiger partial charge >= 0.3 is 0 Å². The van der Waals surface area contributed by atoms with Gasteiger partial charge in [-0.05, 0) is 6.07 Å². The van der Waals surface area contributed by atoms with E-state index in [-0.39, 0.29) is 16.6 Å². The average Bonchev–Trinajstić information content (AvgIpc) is 2.86. The minimum absolute atomic E-state index is 0.100. The van der Waals surface area contributed by atoms with Crippen LogP contribution in [0.5, 0.6) is 0 Å². The molecule has 8 heteroatoms. The van der Waals surface area contributed by atoms with Gasteiger partial charge in [-0.25, -0.2) is 4.98 Å². The van der Waals surface area contributed by atoms with Crippen molar-refractivity contribution < 1.29 is 9.53 Å². The largest absolute Gasteiger partial charge is 0.397 e. The number of nitrogen functional groups attached to an aromatic ring is 1. The minimum atomic E-state index is -0.388. The van der Waals surface area contributed by atoms with E-state index in [0.29, 0.717) is 24.5 Å². The molecule has 0 aliphatic rings.